The first-order chi connectivity index (χ1) is 9.60. The van der Waals surface area contributed by atoms with E-state index < -0.39 is 0 Å². The Morgan fingerprint density at radius 1 is 1.05 bits per heavy atom. The van der Waals surface area contributed by atoms with Crippen molar-refractivity contribution in [2.75, 3.05) is 12.4 Å². The Morgan fingerprint density at radius 2 is 1.85 bits per heavy atom. The Labute approximate surface area is 120 Å². The molecule has 2 N–H and O–H groups in total. The van der Waals surface area contributed by atoms with E-state index in [-0.39, 0.29) is 5.91 Å². The van der Waals surface area contributed by atoms with Crippen LogP contribution in [-0.2, 0) is 6.54 Å². The maximum atomic E-state index is 12.2. The summed E-state index contributed by atoms with van der Waals surface area (Å²) in [4.78, 5) is 12.2. The summed E-state index contributed by atoms with van der Waals surface area (Å²) in [5.41, 5.74) is 4.97. The van der Waals surface area contributed by atoms with Gasteiger partial charge in [-0.1, -0.05) is 18.2 Å². The molecule has 0 aliphatic heterocycles. The van der Waals surface area contributed by atoms with Crippen molar-refractivity contribution in [3.05, 3.63) is 64.7 Å². The summed E-state index contributed by atoms with van der Waals surface area (Å²) in [7, 11) is 1.90. The number of benzene rings is 2. The second kappa shape index (κ2) is 6.35. The average molecular weight is 268 g/mol. The van der Waals surface area contributed by atoms with Crippen LogP contribution < -0.4 is 10.6 Å². The molecular weight excluding hydrogens is 248 g/mol. The number of anilines is 1. The third-order valence-electron chi connectivity index (χ3n) is 3.33. The number of carbonyl (C=O) groups is 1. The molecule has 0 bridgehead atoms. The Morgan fingerprint density at radius 3 is 2.55 bits per heavy atom. The van der Waals surface area contributed by atoms with Crippen LogP contribution in [0.5, 0.6) is 0 Å². The highest BCUT2D eigenvalue weighted by Crippen LogP contribution is 2.14. The molecule has 2 rings (SSSR count). The number of nitrogens with one attached hydrogen (secondary N) is 2. The predicted molar refractivity (Wildman–Crippen MR) is 83.1 cm³/mol. The summed E-state index contributed by atoms with van der Waals surface area (Å²) in [5, 5.41) is 6.03. The molecule has 2 aromatic rings. The van der Waals surface area contributed by atoms with Crippen molar-refractivity contribution < 1.29 is 4.79 Å². The minimum absolute atomic E-state index is 0.0743. The maximum absolute atomic E-state index is 12.2. The zero-order chi connectivity index (χ0) is 14.5. The minimum Gasteiger partial charge on any atom is -0.322 e. The zero-order valence-electron chi connectivity index (χ0n) is 12.2. The van der Waals surface area contributed by atoms with Gasteiger partial charge in [-0.15, -0.1) is 0 Å². The van der Waals surface area contributed by atoms with E-state index in [4.69, 9.17) is 0 Å². The quantitative estimate of drug-likeness (QED) is 0.893. The highest BCUT2D eigenvalue weighted by atomic mass is 16.1. The second-order valence-corrected chi connectivity index (χ2v) is 4.98. The van der Waals surface area contributed by atoms with E-state index in [9.17, 15) is 4.79 Å². The zero-order valence-corrected chi connectivity index (χ0v) is 12.2. The number of hydrogen-bond donors (Lipinski definition) is 2. The largest absolute Gasteiger partial charge is 0.322 e. The lowest BCUT2D eigenvalue weighted by atomic mass is 10.1. The standard InChI is InChI=1S/C17H20N2O/c1-12-7-8-15(9-13(12)2)17(20)19-16-6-4-5-14(10-16)11-18-3/h4-10,18H,11H2,1-3H3,(H,19,20). The molecule has 0 aromatic heterocycles. The maximum Gasteiger partial charge on any atom is 0.255 e. The molecular formula is C17H20N2O. The topological polar surface area (TPSA) is 41.1 Å². The van der Waals surface area contributed by atoms with Gasteiger partial charge in [-0.3, -0.25) is 4.79 Å². The molecule has 0 fully saturated rings. The van der Waals surface area contributed by atoms with Crippen LogP contribution in [-0.4, -0.2) is 13.0 Å². The molecule has 1 amide bonds. The SMILES string of the molecule is CNCc1cccc(NC(=O)c2ccc(C)c(C)c2)c1. The van der Waals surface area contributed by atoms with E-state index in [0.29, 0.717) is 5.56 Å². The van der Waals surface area contributed by atoms with Gasteiger partial charge >= 0.3 is 0 Å². The number of carbonyl (C=O) groups excluding carboxylic acids is 1. The van der Waals surface area contributed by atoms with Gasteiger partial charge in [0.2, 0.25) is 0 Å². The van der Waals surface area contributed by atoms with E-state index in [2.05, 4.69) is 10.6 Å². The van der Waals surface area contributed by atoms with Crippen LogP contribution >= 0.6 is 0 Å². The normalized spacial score (nSPS) is 10.3. The first kappa shape index (κ1) is 14.3. The van der Waals surface area contributed by atoms with Crippen LogP contribution in [0.2, 0.25) is 0 Å². The minimum atomic E-state index is -0.0743. The molecule has 0 saturated heterocycles. The molecule has 0 atom stereocenters. The van der Waals surface area contributed by atoms with E-state index in [1.54, 1.807) is 0 Å². The molecule has 20 heavy (non-hydrogen) atoms. The van der Waals surface area contributed by atoms with E-state index in [1.807, 2.05) is 63.4 Å². The van der Waals surface area contributed by atoms with E-state index >= 15 is 0 Å². The highest BCUT2D eigenvalue weighted by molar-refractivity contribution is 6.04. The van der Waals surface area contributed by atoms with Gasteiger partial charge < -0.3 is 10.6 Å². The van der Waals surface area contributed by atoms with Gasteiger partial charge in [0.15, 0.2) is 0 Å². The van der Waals surface area contributed by atoms with Crippen LogP contribution in [0.1, 0.15) is 27.0 Å². The summed E-state index contributed by atoms with van der Waals surface area (Å²) >= 11 is 0. The van der Waals surface area contributed by atoms with Crippen molar-refractivity contribution in [2.24, 2.45) is 0 Å². The molecule has 0 aliphatic carbocycles. The number of aryl methyl sites for hydroxylation is 2. The summed E-state index contributed by atoms with van der Waals surface area (Å²) in [5.74, 6) is -0.0743. The smallest absolute Gasteiger partial charge is 0.255 e. The Kier molecular flexibility index (Phi) is 4.53. The molecule has 0 heterocycles. The number of hydrogen-bond acceptors (Lipinski definition) is 2. The van der Waals surface area contributed by atoms with Crippen molar-refractivity contribution in [3.63, 3.8) is 0 Å². The Hall–Kier alpha value is -2.13. The fraction of sp³-hybridized carbons (Fsp3) is 0.235. The molecule has 0 unspecified atom stereocenters. The summed E-state index contributed by atoms with van der Waals surface area (Å²) < 4.78 is 0. The lowest BCUT2D eigenvalue weighted by Crippen LogP contribution is -2.13. The van der Waals surface area contributed by atoms with Gasteiger partial charge in [0.05, 0.1) is 0 Å². The molecule has 3 heteroatoms. The Balaban J connectivity index is 2.14. The third kappa shape index (κ3) is 3.45. The fourth-order valence-electron chi connectivity index (χ4n) is 2.05. The van der Waals surface area contributed by atoms with Crippen molar-refractivity contribution >= 4 is 11.6 Å². The Bertz CT molecular complexity index is 620. The average Bonchev–Trinajstić information content (AvgIpc) is 2.42. The first-order valence-electron chi connectivity index (χ1n) is 6.72. The summed E-state index contributed by atoms with van der Waals surface area (Å²) in [6, 6.07) is 13.6. The van der Waals surface area contributed by atoms with Gasteiger partial charge in [0.25, 0.3) is 5.91 Å². The van der Waals surface area contributed by atoms with E-state index in [0.717, 1.165) is 23.4 Å². The van der Waals surface area contributed by atoms with Crippen molar-refractivity contribution in [2.45, 2.75) is 20.4 Å². The molecule has 3 nitrogen and oxygen atoms in total. The molecule has 0 spiro atoms. The van der Waals surface area contributed by atoms with Gasteiger partial charge in [0.1, 0.15) is 0 Å². The van der Waals surface area contributed by atoms with Gasteiger partial charge in [-0.05, 0) is 61.9 Å². The van der Waals surface area contributed by atoms with E-state index in [1.165, 1.54) is 5.56 Å². The van der Waals surface area contributed by atoms with Crippen LogP contribution in [0.15, 0.2) is 42.5 Å². The number of rotatable bonds is 4. The first-order valence-corrected chi connectivity index (χ1v) is 6.72. The fourth-order valence-corrected chi connectivity index (χ4v) is 2.05. The van der Waals surface area contributed by atoms with Crippen molar-refractivity contribution in [1.82, 2.24) is 5.32 Å². The van der Waals surface area contributed by atoms with Gasteiger partial charge in [-0.2, -0.15) is 0 Å². The lowest BCUT2D eigenvalue weighted by molar-refractivity contribution is 0.102. The predicted octanol–water partition coefficient (Wildman–Crippen LogP) is 3.28. The summed E-state index contributed by atoms with van der Waals surface area (Å²) in [6.45, 7) is 4.84. The second-order valence-electron chi connectivity index (χ2n) is 4.98. The third-order valence-corrected chi connectivity index (χ3v) is 3.33. The van der Waals surface area contributed by atoms with Crippen LogP contribution in [0.4, 0.5) is 5.69 Å². The number of amides is 1. The highest BCUT2D eigenvalue weighted by Gasteiger charge is 2.07. The van der Waals surface area contributed by atoms with Crippen molar-refractivity contribution in [1.29, 1.82) is 0 Å². The lowest BCUT2D eigenvalue weighted by Gasteiger charge is -2.09. The molecule has 104 valence electrons. The van der Waals surface area contributed by atoms with Crippen LogP contribution in [0.25, 0.3) is 0 Å². The van der Waals surface area contributed by atoms with Crippen LogP contribution in [0, 0.1) is 13.8 Å². The summed E-state index contributed by atoms with van der Waals surface area (Å²) in [6.07, 6.45) is 0. The molecule has 0 aliphatic rings. The molecule has 2 aromatic carbocycles. The van der Waals surface area contributed by atoms with Gasteiger partial charge in [-0.25, -0.2) is 0 Å². The van der Waals surface area contributed by atoms with Crippen molar-refractivity contribution in [3.8, 4) is 0 Å². The van der Waals surface area contributed by atoms with Crippen LogP contribution in [0.3, 0.4) is 0 Å². The monoisotopic (exact) mass is 268 g/mol. The van der Waals surface area contributed by atoms with Gasteiger partial charge in [0, 0.05) is 17.8 Å². The molecule has 0 saturated carbocycles. The molecule has 0 radical (unpaired) electrons.